The Bertz CT molecular complexity index is 913. The van der Waals surface area contributed by atoms with Crippen LogP contribution in [-0.2, 0) is 11.3 Å². The third-order valence-corrected chi connectivity index (χ3v) is 5.44. The molecular formula is C18H19FN6O2S. The summed E-state index contributed by atoms with van der Waals surface area (Å²) < 4.78 is 20.0. The van der Waals surface area contributed by atoms with Crippen molar-refractivity contribution in [1.82, 2.24) is 4.98 Å². The van der Waals surface area contributed by atoms with Gasteiger partial charge in [-0.2, -0.15) is 5.26 Å². The molecule has 0 radical (unpaired) electrons. The molecule has 0 atom stereocenters. The predicted octanol–water partition coefficient (Wildman–Crippen LogP) is 2.45. The van der Waals surface area contributed by atoms with E-state index in [0.717, 1.165) is 17.8 Å². The van der Waals surface area contributed by atoms with Crippen molar-refractivity contribution in [3.05, 3.63) is 45.7 Å². The molecule has 0 spiro atoms. The van der Waals surface area contributed by atoms with Crippen LogP contribution in [0.5, 0.6) is 0 Å². The van der Waals surface area contributed by atoms with Crippen LogP contribution in [0.3, 0.4) is 0 Å². The standard InChI is InChI=1S/C18H19FN6O2S/c19-14-13(10-27-18(26)24-17(21)22)2-1-12(9-20)15(14)25-6-3-11(4-7-25)16-23-5-8-28-16/h1-2,5,8,11H,3-4,6-7,10H2,(H4,21,22,24,26). The highest BCUT2D eigenvalue weighted by molar-refractivity contribution is 7.09. The number of rotatable bonds is 4. The number of anilines is 1. The van der Waals surface area contributed by atoms with Gasteiger partial charge < -0.3 is 21.1 Å². The monoisotopic (exact) mass is 402 g/mol. The highest BCUT2D eigenvalue weighted by Crippen LogP contribution is 2.34. The first-order valence-corrected chi connectivity index (χ1v) is 9.49. The van der Waals surface area contributed by atoms with E-state index in [4.69, 9.17) is 16.2 Å². The molecule has 1 aromatic heterocycles. The average Bonchev–Trinajstić information content (AvgIpc) is 3.21. The SMILES string of the molecule is N#Cc1ccc(COC(=O)N=C(N)N)c(F)c1N1CCC(c2nccs2)CC1. The Kier molecular flexibility index (Phi) is 6.06. The van der Waals surface area contributed by atoms with Gasteiger partial charge in [-0.3, -0.25) is 0 Å². The fourth-order valence-electron chi connectivity index (χ4n) is 3.18. The molecule has 0 unspecified atom stereocenters. The topological polar surface area (TPSA) is 131 Å². The van der Waals surface area contributed by atoms with E-state index in [1.807, 2.05) is 16.3 Å². The maximum atomic E-state index is 15.1. The molecule has 0 bridgehead atoms. The van der Waals surface area contributed by atoms with Crippen LogP contribution in [0.25, 0.3) is 0 Å². The van der Waals surface area contributed by atoms with Crippen LogP contribution in [0.1, 0.15) is 34.9 Å². The first-order chi connectivity index (χ1) is 13.5. The zero-order chi connectivity index (χ0) is 20.1. The van der Waals surface area contributed by atoms with Crippen LogP contribution in [0.4, 0.5) is 14.9 Å². The minimum Gasteiger partial charge on any atom is -0.443 e. The Balaban J connectivity index is 1.76. The van der Waals surface area contributed by atoms with Gasteiger partial charge in [0.05, 0.1) is 16.3 Å². The number of guanidine groups is 1. The molecule has 1 saturated heterocycles. The number of ether oxygens (including phenoxy) is 1. The molecule has 10 heteroatoms. The summed E-state index contributed by atoms with van der Waals surface area (Å²) in [4.78, 5) is 20.9. The summed E-state index contributed by atoms with van der Waals surface area (Å²) >= 11 is 1.62. The van der Waals surface area contributed by atoms with Crippen LogP contribution in [-0.4, -0.2) is 30.1 Å². The number of aromatic nitrogens is 1. The number of halogens is 1. The third-order valence-electron chi connectivity index (χ3n) is 4.50. The van der Waals surface area contributed by atoms with Crippen molar-refractivity contribution in [2.24, 2.45) is 16.5 Å². The lowest BCUT2D eigenvalue weighted by atomic mass is 9.96. The van der Waals surface area contributed by atoms with E-state index in [1.54, 1.807) is 17.5 Å². The Hall–Kier alpha value is -3.19. The minimum atomic E-state index is -1.01. The van der Waals surface area contributed by atoms with E-state index in [9.17, 15) is 10.1 Å². The number of benzene rings is 1. The third kappa shape index (κ3) is 4.37. The molecular weight excluding hydrogens is 383 g/mol. The van der Waals surface area contributed by atoms with Crippen molar-refractivity contribution in [2.45, 2.75) is 25.4 Å². The minimum absolute atomic E-state index is 0.148. The van der Waals surface area contributed by atoms with E-state index < -0.39 is 17.9 Å². The fraction of sp³-hybridized carbons (Fsp3) is 0.333. The molecule has 1 aliphatic heterocycles. The van der Waals surface area contributed by atoms with Crippen molar-refractivity contribution in [1.29, 1.82) is 5.26 Å². The number of nitriles is 1. The Morgan fingerprint density at radius 2 is 2.18 bits per heavy atom. The summed E-state index contributed by atoms with van der Waals surface area (Å²) in [6.45, 7) is 0.871. The van der Waals surface area contributed by atoms with Gasteiger partial charge in [-0.1, -0.05) is 6.07 Å². The summed E-state index contributed by atoms with van der Waals surface area (Å²) in [6, 6.07) is 4.98. The second-order valence-electron chi connectivity index (χ2n) is 6.27. The predicted molar refractivity (Wildman–Crippen MR) is 103 cm³/mol. The number of hydrogen-bond acceptors (Lipinski definition) is 6. The van der Waals surface area contributed by atoms with Gasteiger partial charge in [0.2, 0.25) is 0 Å². The molecule has 2 aromatic rings. The van der Waals surface area contributed by atoms with Crippen molar-refractivity contribution in [3.8, 4) is 6.07 Å². The summed E-state index contributed by atoms with van der Waals surface area (Å²) in [7, 11) is 0. The molecule has 1 aliphatic rings. The molecule has 0 saturated carbocycles. The van der Waals surface area contributed by atoms with Crippen LogP contribution in [0.2, 0.25) is 0 Å². The van der Waals surface area contributed by atoms with Crippen LogP contribution in [0.15, 0.2) is 28.7 Å². The number of hydrogen-bond donors (Lipinski definition) is 2. The van der Waals surface area contributed by atoms with E-state index in [0.29, 0.717) is 19.0 Å². The van der Waals surface area contributed by atoms with Gasteiger partial charge in [0.25, 0.3) is 0 Å². The maximum Gasteiger partial charge on any atom is 0.437 e. The zero-order valence-electron chi connectivity index (χ0n) is 15.0. The van der Waals surface area contributed by atoms with E-state index in [2.05, 4.69) is 9.98 Å². The van der Waals surface area contributed by atoms with Crippen LogP contribution in [0, 0.1) is 17.1 Å². The summed E-state index contributed by atoms with van der Waals surface area (Å²) in [5.41, 5.74) is 10.8. The Morgan fingerprint density at radius 1 is 1.43 bits per heavy atom. The summed E-state index contributed by atoms with van der Waals surface area (Å²) in [5, 5.41) is 12.4. The number of carbonyl (C=O) groups excluding carboxylic acids is 1. The number of carbonyl (C=O) groups is 1. The Morgan fingerprint density at radius 3 is 2.79 bits per heavy atom. The van der Waals surface area contributed by atoms with Gasteiger partial charge in [0.1, 0.15) is 12.7 Å². The fourth-order valence-corrected chi connectivity index (χ4v) is 3.99. The average molecular weight is 402 g/mol. The maximum absolute atomic E-state index is 15.1. The molecule has 3 rings (SSSR count). The van der Waals surface area contributed by atoms with E-state index in [-0.39, 0.29) is 23.4 Å². The molecule has 8 nitrogen and oxygen atoms in total. The summed E-state index contributed by atoms with van der Waals surface area (Å²) in [5.74, 6) is -0.674. The lowest BCUT2D eigenvalue weighted by Gasteiger charge is -2.33. The molecule has 146 valence electrons. The van der Waals surface area contributed by atoms with Crippen molar-refractivity contribution >= 4 is 29.1 Å². The van der Waals surface area contributed by atoms with Gasteiger partial charge in [0.15, 0.2) is 11.8 Å². The molecule has 1 aromatic carbocycles. The number of aliphatic imine (C=N–C) groups is 1. The lowest BCUT2D eigenvalue weighted by molar-refractivity contribution is 0.149. The first-order valence-electron chi connectivity index (χ1n) is 8.61. The Labute approximate surface area is 165 Å². The number of nitrogens with zero attached hydrogens (tertiary/aromatic N) is 4. The smallest absolute Gasteiger partial charge is 0.437 e. The van der Waals surface area contributed by atoms with Crippen molar-refractivity contribution in [3.63, 3.8) is 0 Å². The molecule has 28 heavy (non-hydrogen) atoms. The molecule has 1 fully saturated rings. The number of nitrogens with two attached hydrogens (primary N) is 2. The number of piperidine rings is 1. The number of thiazole rings is 1. The highest BCUT2D eigenvalue weighted by Gasteiger charge is 2.27. The molecule has 2 heterocycles. The largest absolute Gasteiger partial charge is 0.443 e. The van der Waals surface area contributed by atoms with E-state index in [1.165, 1.54) is 12.1 Å². The number of amides is 1. The molecule has 0 aliphatic carbocycles. The summed E-state index contributed by atoms with van der Waals surface area (Å²) in [6.07, 6.45) is 2.42. The normalized spacial score (nSPS) is 14.4. The van der Waals surface area contributed by atoms with E-state index >= 15 is 4.39 Å². The molecule has 1 amide bonds. The molecule has 4 N–H and O–H groups in total. The van der Waals surface area contributed by atoms with Crippen molar-refractivity contribution < 1.29 is 13.9 Å². The van der Waals surface area contributed by atoms with Gasteiger partial charge >= 0.3 is 6.09 Å². The second kappa shape index (κ2) is 8.67. The van der Waals surface area contributed by atoms with Gasteiger partial charge in [-0.05, 0) is 18.9 Å². The first kappa shape index (κ1) is 19.6. The quantitative estimate of drug-likeness (QED) is 0.593. The second-order valence-corrected chi connectivity index (χ2v) is 7.20. The lowest BCUT2D eigenvalue weighted by Crippen LogP contribution is -2.34. The van der Waals surface area contributed by atoms with Gasteiger partial charge in [-0.25, -0.2) is 14.2 Å². The zero-order valence-corrected chi connectivity index (χ0v) is 15.8. The van der Waals surface area contributed by atoms with Crippen LogP contribution < -0.4 is 16.4 Å². The van der Waals surface area contributed by atoms with Gasteiger partial charge in [-0.15, -0.1) is 16.3 Å². The van der Waals surface area contributed by atoms with Gasteiger partial charge in [0, 0.05) is 36.1 Å². The highest BCUT2D eigenvalue weighted by atomic mass is 32.1. The van der Waals surface area contributed by atoms with Crippen molar-refractivity contribution in [2.75, 3.05) is 18.0 Å². The van der Waals surface area contributed by atoms with Crippen LogP contribution >= 0.6 is 11.3 Å².